The van der Waals surface area contributed by atoms with Gasteiger partial charge in [-0.15, -0.1) is 0 Å². The van der Waals surface area contributed by atoms with Gasteiger partial charge in [0.2, 0.25) is 11.8 Å². The lowest BCUT2D eigenvalue weighted by Crippen LogP contribution is -2.41. The van der Waals surface area contributed by atoms with E-state index < -0.39 is 18.0 Å². The summed E-state index contributed by atoms with van der Waals surface area (Å²) in [5.41, 5.74) is 0. The molecule has 0 bridgehead atoms. The summed E-state index contributed by atoms with van der Waals surface area (Å²) >= 11 is 0. The van der Waals surface area contributed by atoms with Gasteiger partial charge in [0.1, 0.15) is 0 Å². The molecule has 2 atom stereocenters. The van der Waals surface area contributed by atoms with Crippen molar-refractivity contribution in [3.05, 3.63) is 0 Å². The monoisotopic (exact) mass is 272 g/mol. The molecular weight excluding hydrogens is 252 g/mol. The smallest absolute Gasteiger partial charge is 0.336 e. The number of hydrogen-bond acceptors (Lipinski definition) is 5. The van der Waals surface area contributed by atoms with Crippen molar-refractivity contribution in [1.29, 1.82) is 0 Å². The van der Waals surface area contributed by atoms with Gasteiger partial charge in [0.05, 0.1) is 19.6 Å². The van der Waals surface area contributed by atoms with Crippen LogP contribution in [-0.2, 0) is 19.1 Å². The number of methoxy groups -OCH3 is 1. The first-order valence-corrected chi connectivity index (χ1v) is 6.19. The third-order valence-corrected chi connectivity index (χ3v) is 3.10. The van der Waals surface area contributed by atoms with Gasteiger partial charge in [-0.1, -0.05) is 0 Å². The van der Waals surface area contributed by atoms with Crippen LogP contribution in [0.3, 0.4) is 0 Å². The van der Waals surface area contributed by atoms with Crippen molar-refractivity contribution in [2.24, 2.45) is 5.92 Å². The third-order valence-electron chi connectivity index (χ3n) is 3.10. The van der Waals surface area contributed by atoms with E-state index in [1.165, 1.54) is 0 Å². The highest BCUT2D eigenvalue weighted by Crippen LogP contribution is 2.20. The number of amides is 2. The maximum absolute atomic E-state index is 11.8. The van der Waals surface area contributed by atoms with Crippen LogP contribution < -0.4 is 5.32 Å². The summed E-state index contributed by atoms with van der Waals surface area (Å²) in [5, 5.41) is 11.8. The second-order valence-electron chi connectivity index (χ2n) is 4.83. The molecule has 0 spiro atoms. The van der Waals surface area contributed by atoms with E-state index >= 15 is 0 Å². The summed E-state index contributed by atoms with van der Waals surface area (Å²) in [6.45, 7) is 3.94. The molecule has 2 amide bonds. The first-order valence-electron chi connectivity index (χ1n) is 6.19. The van der Waals surface area contributed by atoms with Crippen LogP contribution in [0.2, 0.25) is 0 Å². The average molecular weight is 272 g/mol. The van der Waals surface area contributed by atoms with Crippen molar-refractivity contribution >= 4 is 17.8 Å². The predicted molar refractivity (Wildman–Crippen MR) is 66.0 cm³/mol. The Kier molecular flexibility index (Phi) is 5.29. The van der Waals surface area contributed by atoms with Crippen LogP contribution >= 0.6 is 0 Å². The fourth-order valence-electron chi connectivity index (χ4n) is 1.97. The number of carbonyl (C=O) groups is 3. The number of nitrogens with zero attached hydrogens (tertiary/aromatic N) is 1. The topological polar surface area (TPSA) is 95.9 Å². The van der Waals surface area contributed by atoms with Gasteiger partial charge in [0.15, 0.2) is 6.10 Å². The minimum absolute atomic E-state index is 0.0522. The van der Waals surface area contributed by atoms with Gasteiger partial charge < -0.3 is 20.1 Å². The standard InChI is InChI=1S/C12H20N2O5/c1-7(2)14-6-8(4-10(14)16)11(17)13-5-9(15)12(18)19-3/h7-9,15H,4-6H2,1-3H3,(H,13,17). The highest BCUT2D eigenvalue weighted by atomic mass is 16.5. The molecule has 0 aliphatic carbocycles. The summed E-state index contributed by atoms with van der Waals surface area (Å²) in [6, 6.07) is 0.0611. The normalized spacial score (nSPS) is 20.6. The van der Waals surface area contributed by atoms with Crippen LogP contribution in [0, 0.1) is 5.92 Å². The maximum atomic E-state index is 11.8. The minimum atomic E-state index is -1.38. The Morgan fingerprint density at radius 3 is 2.63 bits per heavy atom. The lowest BCUT2D eigenvalue weighted by atomic mass is 10.1. The van der Waals surface area contributed by atoms with Crippen molar-refractivity contribution in [2.45, 2.75) is 32.4 Å². The van der Waals surface area contributed by atoms with Crippen molar-refractivity contribution in [3.8, 4) is 0 Å². The lowest BCUT2D eigenvalue weighted by Gasteiger charge is -2.20. The average Bonchev–Trinajstić information content (AvgIpc) is 2.76. The molecule has 2 unspecified atom stereocenters. The van der Waals surface area contributed by atoms with Gasteiger partial charge in [-0.2, -0.15) is 0 Å². The molecule has 0 aromatic carbocycles. The molecule has 0 aromatic heterocycles. The molecule has 1 rings (SSSR count). The Bertz CT molecular complexity index is 369. The van der Waals surface area contributed by atoms with Crippen LogP contribution in [0.4, 0.5) is 0 Å². The fraction of sp³-hybridized carbons (Fsp3) is 0.750. The van der Waals surface area contributed by atoms with E-state index in [2.05, 4.69) is 10.1 Å². The van der Waals surface area contributed by atoms with Gasteiger partial charge in [0.25, 0.3) is 0 Å². The predicted octanol–water partition coefficient (Wildman–Crippen LogP) is -1.11. The minimum Gasteiger partial charge on any atom is -0.467 e. The first-order chi connectivity index (χ1) is 8.86. The number of esters is 1. The third kappa shape index (κ3) is 3.92. The molecule has 1 aliphatic rings. The summed E-state index contributed by atoms with van der Waals surface area (Å²) < 4.78 is 4.33. The number of carbonyl (C=O) groups excluding carboxylic acids is 3. The molecule has 1 heterocycles. The van der Waals surface area contributed by atoms with Gasteiger partial charge in [-0.05, 0) is 13.8 Å². The Morgan fingerprint density at radius 1 is 1.53 bits per heavy atom. The summed E-state index contributed by atoms with van der Waals surface area (Å²) in [7, 11) is 1.16. The lowest BCUT2D eigenvalue weighted by molar-refractivity contribution is -0.150. The number of nitrogens with one attached hydrogen (secondary N) is 1. The molecule has 19 heavy (non-hydrogen) atoms. The molecule has 7 nitrogen and oxygen atoms in total. The van der Waals surface area contributed by atoms with E-state index in [1.54, 1.807) is 4.90 Å². The zero-order valence-electron chi connectivity index (χ0n) is 11.4. The van der Waals surface area contributed by atoms with Crippen LogP contribution in [0.15, 0.2) is 0 Å². The van der Waals surface area contributed by atoms with Crippen LogP contribution in [-0.4, -0.2) is 60.1 Å². The maximum Gasteiger partial charge on any atom is 0.336 e. The number of aliphatic hydroxyl groups excluding tert-OH is 1. The number of hydrogen-bond donors (Lipinski definition) is 2. The number of rotatable bonds is 5. The fourth-order valence-corrected chi connectivity index (χ4v) is 1.97. The molecule has 0 radical (unpaired) electrons. The largest absolute Gasteiger partial charge is 0.467 e. The summed E-state index contributed by atoms with van der Waals surface area (Å²) in [5.74, 6) is -1.62. The zero-order valence-corrected chi connectivity index (χ0v) is 11.4. The Balaban J connectivity index is 2.43. The van der Waals surface area contributed by atoms with Gasteiger partial charge in [0, 0.05) is 19.0 Å². The molecule has 108 valence electrons. The van der Waals surface area contributed by atoms with E-state index in [1.807, 2.05) is 13.8 Å². The quantitative estimate of drug-likeness (QED) is 0.619. The number of ether oxygens (including phenoxy) is 1. The highest BCUT2D eigenvalue weighted by molar-refractivity contribution is 5.89. The molecule has 0 aromatic rings. The van der Waals surface area contributed by atoms with Crippen LogP contribution in [0.5, 0.6) is 0 Å². The van der Waals surface area contributed by atoms with Gasteiger partial charge in [-0.3, -0.25) is 9.59 Å². The van der Waals surface area contributed by atoms with Crippen molar-refractivity contribution in [1.82, 2.24) is 10.2 Å². The van der Waals surface area contributed by atoms with Crippen LogP contribution in [0.1, 0.15) is 20.3 Å². The SMILES string of the molecule is COC(=O)C(O)CNC(=O)C1CC(=O)N(C(C)C)C1. The van der Waals surface area contributed by atoms with Crippen LogP contribution in [0.25, 0.3) is 0 Å². The van der Waals surface area contributed by atoms with Gasteiger partial charge >= 0.3 is 5.97 Å². The highest BCUT2D eigenvalue weighted by Gasteiger charge is 2.35. The van der Waals surface area contributed by atoms with E-state index in [0.717, 1.165) is 7.11 Å². The summed E-state index contributed by atoms with van der Waals surface area (Å²) in [6.07, 6.45) is -1.22. The number of likely N-dealkylation sites (tertiary alicyclic amines) is 1. The summed E-state index contributed by atoms with van der Waals surface area (Å²) in [4.78, 5) is 36.1. The van der Waals surface area contributed by atoms with Crippen molar-refractivity contribution in [3.63, 3.8) is 0 Å². The molecule has 0 saturated carbocycles. The molecule has 1 aliphatic heterocycles. The van der Waals surface area contributed by atoms with Crippen molar-refractivity contribution in [2.75, 3.05) is 20.2 Å². The zero-order chi connectivity index (χ0) is 14.6. The first kappa shape index (κ1) is 15.4. The Labute approximate surface area is 111 Å². The molecular formula is C12H20N2O5. The Morgan fingerprint density at radius 2 is 2.16 bits per heavy atom. The molecule has 1 saturated heterocycles. The second-order valence-corrected chi connectivity index (χ2v) is 4.83. The van der Waals surface area contributed by atoms with E-state index in [-0.39, 0.29) is 30.8 Å². The van der Waals surface area contributed by atoms with Gasteiger partial charge in [-0.25, -0.2) is 4.79 Å². The van der Waals surface area contributed by atoms with E-state index in [4.69, 9.17) is 0 Å². The second kappa shape index (κ2) is 6.51. The molecule has 7 heteroatoms. The molecule has 1 fully saturated rings. The molecule has 2 N–H and O–H groups in total. The Hall–Kier alpha value is -1.63. The number of aliphatic hydroxyl groups is 1. The van der Waals surface area contributed by atoms with Crippen molar-refractivity contribution < 1.29 is 24.2 Å². The van der Waals surface area contributed by atoms with E-state index in [0.29, 0.717) is 6.54 Å². The van der Waals surface area contributed by atoms with E-state index in [9.17, 15) is 19.5 Å².